The van der Waals surface area contributed by atoms with Gasteiger partial charge in [-0.05, 0) is 79.9 Å². The van der Waals surface area contributed by atoms with Gasteiger partial charge in [-0.25, -0.2) is 0 Å². The second-order valence-corrected chi connectivity index (χ2v) is 9.68. The predicted molar refractivity (Wildman–Crippen MR) is 128 cm³/mol. The summed E-state index contributed by atoms with van der Waals surface area (Å²) in [6.07, 6.45) is 4.07. The molecule has 0 aliphatic carbocycles. The van der Waals surface area contributed by atoms with Gasteiger partial charge in [0.05, 0.1) is 12.2 Å². The molecule has 6 heteroatoms. The van der Waals surface area contributed by atoms with Crippen LogP contribution in [0.3, 0.4) is 0 Å². The number of nitrogens with one attached hydrogen (secondary N) is 1. The molecule has 32 heavy (non-hydrogen) atoms. The number of aromatic amines is 1. The molecule has 3 aromatic rings. The number of hydrogen-bond acceptors (Lipinski definition) is 3. The molecule has 0 saturated carbocycles. The number of piperidine rings is 1. The van der Waals surface area contributed by atoms with Gasteiger partial charge in [-0.2, -0.15) is 0 Å². The summed E-state index contributed by atoms with van der Waals surface area (Å²) < 4.78 is 1.94. The van der Waals surface area contributed by atoms with Crippen LogP contribution in [0.15, 0.2) is 35.1 Å². The first kappa shape index (κ1) is 21.0. The lowest BCUT2D eigenvalue weighted by atomic mass is 9.87. The second-order valence-electron chi connectivity index (χ2n) is 9.68. The number of rotatable bonds is 5. The molecule has 0 atom stereocenters. The normalized spacial score (nSPS) is 17.3. The Bertz CT molecular complexity index is 1230. The molecule has 6 nitrogen and oxygen atoms in total. The molecule has 5 rings (SSSR count). The minimum Gasteiger partial charge on any atom is -0.369 e. The Morgan fingerprint density at radius 2 is 1.94 bits per heavy atom. The Morgan fingerprint density at radius 1 is 1.16 bits per heavy atom. The number of aromatic nitrogens is 2. The fourth-order valence-corrected chi connectivity index (χ4v) is 5.71. The number of hydrogen-bond donors (Lipinski definition) is 2. The fourth-order valence-electron chi connectivity index (χ4n) is 5.71. The Morgan fingerprint density at radius 3 is 2.66 bits per heavy atom. The molecular formula is C26H32N4O2. The third-order valence-electron chi connectivity index (χ3n) is 7.24. The predicted octanol–water partition coefficient (Wildman–Crippen LogP) is 3.73. The van der Waals surface area contributed by atoms with Gasteiger partial charge in [-0.15, -0.1) is 0 Å². The fraction of sp³-hybridized carbons (Fsp3) is 0.462. The van der Waals surface area contributed by atoms with Gasteiger partial charge in [0.15, 0.2) is 0 Å². The molecule has 1 aromatic carbocycles. The molecule has 1 saturated heterocycles. The van der Waals surface area contributed by atoms with Gasteiger partial charge in [0, 0.05) is 34.8 Å². The smallest absolute Gasteiger partial charge is 0.250 e. The minimum absolute atomic E-state index is 0.105. The molecule has 2 aromatic heterocycles. The first-order chi connectivity index (χ1) is 15.4. The van der Waals surface area contributed by atoms with Crippen LogP contribution >= 0.6 is 0 Å². The molecule has 0 spiro atoms. The Hall–Kier alpha value is -2.86. The van der Waals surface area contributed by atoms with Crippen LogP contribution in [0, 0.1) is 0 Å². The van der Waals surface area contributed by atoms with E-state index in [1.54, 1.807) is 6.07 Å². The van der Waals surface area contributed by atoms with Crippen molar-refractivity contribution < 1.29 is 4.79 Å². The molecule has 2 aliphatic rings. The third kappa shape index (κ3) is 3.66. The maximum Gasteiger partial charge on any atom is 0.250 e. The van der Waals surface area contributed by atoms with Crippen LogP contribution in [0.5, 0.6) is 0 Å². The van der Waals surface area contributed by atoms with Gasteiger partial charge in [0.2, 0.25) is 5.91 Å². The average molecular weight is 433 g/mol. The summed E-state index contributed by atoms with van der Waals surface area (Å²) in [5, 5.41) is 1.29. The molecule has 0 unspecified atom stereocenters. The first-order valence-corrected chi connectivity index (χ1v) is 11.8. The highest BCUT2D eigenvalue weighted by molar-refractivity contribution is 5.92. The van der Waals surface area contributed by atoms with E-state index >= 15 is 0 Å². The van der Waals surface area contributed by atoms with Crippen molar-refractivity contribution in [3.63, 3.8) is 0 Å². The Labute approximate surface area is 188 Å². The van der Waals surface area contributed by atoms with E-state index in [9.17, 15) is 9.59 Å². The van der Waals surface area contributed by atoms with E-state index in [0.717, 1.165) is 62.2 Å². The average Bonchev–Trinajstić information content (AvgIpc) is 3.39. The van der Waals surface area contributed by atoms with Crippen LogP contribution < -0.4 is 11.3 Å². The van der Waals surface area contributed by atoms with Gasteiger partial charge in [0.25, 0.3) is 5.56 Å². The highest BCUT2D eigenvalue weighted by atomic mass is 16.1. The summed E-state index contributed by atoms with van der Waals surface area (Å²) in [6, 6.07) is 10.6. The zero-order valence-corrected chi connectivity index (χ0v) is 19.0. The Balaban J connectivity index is 1.53. The number of carbonyl (C=O) groups is 1. The number of primary amides is 1. The van der Waals surface area contributed by atoms with Crippen molar-refractivity contribution in [2.45, 2.75) is 57.9 Å². The summed E-state index contributed by atoms with van der Waals surface area (Å²) >= 11 is 0. The monoisotopic (exact) mass is 432 g/mol. The van der Waals surface area contributed by atoms with E-state index in [-0.39, 0.29) is 11.5 Å². The zero-order chi connectivity index (χ0) is 22.4. The van der Waals surface area contributed by atoms with Gasteiger partial charge in [-0.3, -0.25) is 14.5 Å². The maximum atomic E-state index is 12.3. The molecule has 4 heterocycles. The lowest BCUT2D eigenvalue weighted by molar-refractivity contribution is -0.119. The SMILES string of the molecule is CC(C)c1c(-c2ccc(=O)n3c2CCC3)[nH]c2ccc(C3CCN(CC(N)=O)CC3)cc12. The van der Waals surface area contributed by atoms with Crippen molar-refractivity contribution in [2.75, 3.05) is 19.6 Å². The van der Waals surface area contributed by atoms with E-state index in [1.165, 1.54) is 22.1 Å². The quantitative estimate of drug-likeness (QED) is 0.644. The van der Waals surface area contributed by atoms with Crippen molar-refractivity contribution in [1.29, 1.82) is 0 Å². The highest BCUT2D eigenvalue weighted by Gasteiger charge is 2.25. The number of nitrogens with zero attached hydrogens (tertiary/aromatic N) is 2. The molecule has 2 aliphatic heterocycles. The van der Waals surface area contributed by atoms with E-state index in [4.69, 9.17) is 5.73 Å². The number of likely N-dealkylation sites (tertiary alicyclic amines) is 1. The molecule has 3 N–H and O–H groups in total. The molecular weight excluding hydrogens is 400 g/mol. The molecule has 1 amide bonds. The van der Waals surface area contributed by atoms with E-state index < -0.39 is 0 Å². The summed E-state index contributed by atoms with van der Waals surface area (Å²) in [5.41, 5.74) is 12.8. The highest BCUT2D eigenvalue weighted by Crippen LogP contribution is 2.39. The van der Waals surface area contributed by atoms with Crippen molar-refractivity contribution in [2.24, 2.45) is 5.73 Å². The molecule has 0 radical (unpaired) electrons. The van der Waals surface area contributed by atoms with E-state index in [1.807, 2.05) is 10.6 Å². The third-order valence-corrected chi connectivity index (χ3v) is 7.24. The number of nitrogens with two attached hydrogens (primary N) is 1. The number of amides is 1. The second kappa shape index (κ2) is 8.24. The van der Waals surface area contributed by atoms with Gasteiger partial charge in [-0.1, -0.05) is 19.9 Å². The number of benzene rings is 1. The zero-order valence-electron chi connectivity index (χ0n) is 19.0. The van der Waals surface area contributed by atoms with Crippen LogP contribution in [-0.2, 0) is 17.8 Å². The van der Waals surface area contributed by atoms with Crippen molar-refractivity contribution >= 4 is 16.8 Å². The van der Waals surface area contributed by atoms with E-state index in [2.05, 4.69) is 41.9 Å². The van der Waals surface area contributed by atoms with Crippen molar-refractivity contribution in [1.82, 2.24) is 14.5 Å². The van der Waals surface area contributed by atoms with Crippen molar-refractivity contribution in [3.8, 4) is 11.3 Å². The lowest BCUT2D eigenvalue weighted by Crippen LogP contribution is -2.39. The van der Waals surface area contributed by atoms with Crippen LogP contribution in [0.1, 0.15) is 61.8 Å². The van der Waals surface area contributed by atoms with Crippen LogP contribution in [0.2, 0.25) is 0 Å². The standard InChI is InChI=1S/C26H32N4O2/c1-16(2)25-20-14-18(17-9-12-29(13-10-17)15-23(27)31)5-7-21(20)28-26(25)19-6-8-24(32)30-11-3-4-22(19)30/h5-8,14,16-17,28H,3-4,9-13,15H2,1-2H3,(H2,27,31). The number of carbonyl (C=O) groups excluding carboxylic acids is 1. The molecule has 1 fully saturated rings. The van der Waals surface area contributed by atoms with Crippen LogP contribution in [0.4, 0.5) is 0 Å². The molecule has 168 valence electrons. The van der Waals surface area contributed by atoms with Gasteiger partial charge in [0.1, 0.15) is 0 Å². The van der Waals surface area contributed by atoms with Crippen molar-refractivity contribution in [3.05, 3.63) is 57.5 Å². The Kier molecular flexibility index (Phi) is 5.41. The van der Waals surface area contributed by atoms with Gasteiger partial charge >= 0.3 is 0 Å². The lowest BCUT2D eigenvalue weighted by Gasteiger charge is -2.31. The number of H-pyrrole nitrogens is 1. The minimum atomic E-state index is -0.249. The van der Waals surface area contributed by atoms with Crippen LogP contribution in [0.25, 0.3) is 22.2 Å². The number of pyridine rings is 1. The first-order valence-electron chi connectivity index (χ1n) is 11.8. The van der Waals surface area contributed by atoms with Crippen LogP contribution in [-0.4, -0.2) is 40.0 Å². The largest absolute Gasteiger partial charge is 0.369 e. The number of fused-ring (bicyclic) bond motifs is 2. The van der Waals surface area contributed by atoms with E-state index in [0.29, 0.717) is 18.4 Å². The summed E-state index contributed by atoms with van der Waals surface area (Å²) in [5.74, 6) is 0.614. The maximum absolute atomic E-state index is 12.3. The summed E-state index contributed by atoms with van der Waals surface area (Å²) in [4.78, 5) is 29.4. The summed E-state index contributed by atoms with van der Waals surface area (Å²) in [7, 11) is 0. The van der Waals surface area contributed by atoms with Gasteiger partial charge < -0.3 is 15.3 Å². The summed E-state index contributed by atoms with van der Waals surface area (Å²) in [6.45, 7) is 7.48. The topological polar surface area (TPSA) is 84.1 Å². The molecule has 0 bridgehead atoms.